The van der Waals surface area contributed by atoms with Crippen LogP contribution in [0.15, 0.2) is 17.0 Å². The fraction of sp³-hybridized carbons (Fsp3) is 0.143. The van der Waals surface area contributed by atoms with Crippen molar-refractivity contribution in [2.45, 2.75) is 4.90 Å². The van der Waals surface area contributed by atoms with Gasteiger partial charge in [-0.15, -0.1) is 0 Å². The number of halogens is 1. The van der Waals surface area contributed by atoms with Crippen molar-refractivity contribution in [2.24, 2.45) is 0 Å². The van der Waals surface area contributed by atoms with Crippen LogP contribution in [0.2, 0.25) is 5.02 Å². The first-order valence-electron chi connectivity index (χ1n) is 3.97. The van der Waals surface area contributed by atoms with Crippen LogP contribution in [0.25, 0.3) is 0 Å². The number of hydrogen-bond donors (Lipinski definition) is 0. The van der Waals surface area contributed by atoms with Crippen LogP contribution in [-0.2, 0) is 9.84 Å². The molecule has 0 aliphatic heterocycles. The van der Waals surface area contributed by atoms with Crippen LogP contribution < -0.4 is 0 Å². The molecule has 0 saturated carbocycles. The Labute approximate surface area is 100 Å². The molecular formula is C7H5ClN2O6S. The fourth-order valence-corrected chi connectivity index (χ4v) is 2.44. The van der Waals surface area contributed by atoms with Gasteiger partial charge < -0.3 is 0 Å². The van der Waals surface area contributed by atoms with Gasteiger partial charge in [0.1, 0.15) is 5.02 Å². The third kappa shape index (κ3) is 2.68. The Morgan fingerprint density at radius 3 is 2.06 bits per heavy atom. The highest BCUT2D eigenvalue weighted by Crippen LogP contribution is 2.35. The van der Waals surface area contributed by atoms with Gasteiger partial charge in [0, 0.05) is 12.3 Å². The second-order valence-corrected chi connectivity index (χ2v) is 5.43. The molecule has 0 atom stereocenters. The molecule has 0 saturated heterocycles. The molecule has 0 spiro atoms. The van der Waals surface area contributed by atoms with E-state index in [9.17, 15) is 28.6 Å². The van der Waals surface area contributed by atoms with Crippen LogP contribution in [0.4, 0.5) is 11.4 Å². The lowest BCUT2D eigenvalue weighted by Crippen LogP contribution is -2.02. The Hall–Kier alpha value is -1.74. The highest BCUT2D eigenvalue weighted by atomic mass is 35.5. The summed E-state index contributed by atoms with van der Waals surface area (Å²) >= 11 is 5.52. The van der Waals surface area contributed by atoms with Crippen LogP contribution in [0.1, 0.15) is 0 Å². The Balaban J connectivity index is 3.73. The molecule has 0 heterocycles. The number of nitro groups is 2. The molecule has 0 bridgehead atoms. The standard InChI is InChI=1S/C7H5ClN2O6S/c1-17(15,16)6-3-4(9(11)12)2-5(7(6)8)10(13)14/h2-3H,1H3. The van der Waals surface area contributed by atoms with E-state index in [0.29, 0.717) is 12.1 Å². The van der Waals surface area contributed by atoms with Gasteiger partial charge in [-0.05, 0) is 0 Å². The Bertz CT molecular complexity index is 611. The van der Waals surface area contributed by atoms with E-state index in [0.717, 1.165) is 6.26 Å². The molecule has 0 radical (unpaired) electrons. The van der Waals surface area contributed by atoms with Crippen molar-refractivity contribution >= 4 is 32.8 Å². The first kappa shape index (κ1) is 13.3. The van der Waals surface area contributed by atoms with Crippen molar-refractivity contribution in [3.63, 3.8) is 0 Å². The average molecular weight is 281 g/mol. The first-order chi connectivity index (χ1) is 7.64. The highest BCUT2D eigenvalue weighted by Gasteiger charge is 2.27. The fourth-order valence-electron chi connectivity index (χ4n) is 1.08. The highest BCUT2D eigenvalue weighted by molar-refractivity contribution is 7.90. The maximum atomic E-state index is 11.3. The van der Waals surface area contributed by atoms with E-state index in [1.807, 2.05) is 0 Å². The number of nitro benzene ring substituents is 2. The Morgan fingerprint density at radius 1 is 1.18 bits per heavy atom. The molecule has 17 heavy (non-hydrogen) atoms. The van der Waals surface area contributed by atoms with Crippen molar-refractivity contribution < 1.29 is 18.3 Å². The summed E-state index contributed by atoms with van der Waals surface area (Å²) in [7, 11) is -3.89. The molecule has 1 aromatic rings. The number of hydrogen-bond acceptors (Lipinski definition) is 6. The second kappa shape index (κ2) is 4.26. The van der Waals surface area contributed by atoms with E-state index in [-0.39, 0.29) is 0 Å². The topological polar surface area (TPSA) is 120 Å². The summed E-state index contributed by atoms with van der Waals surface area (Å²) < 4.78 is 22.5. The summed E-state index contributed by atoms with van der Waals surface area (Å²) in [6.45, 7) is 0. The zero-order chi connectivity index (χ0) is 13.4. The first-order valence-corrected chi connectivity index (χ1v) is 6.24. The minimum Gasteiger partial charge on any atom is -0.258 e. The Kier molecular flexibility index (Phi) is 3.34. The predicted molar refractivity (Wildman–Crippen MR) is 57.9 cm³/mol. The summed E-state index contributed by atoms with van der Waals surface area (Å²) in [5.74, 6) is 0. The zero-order valence-corrected chi connectivity index (χ0v) is 9.86. The van der Waals surface area contributed by atoms with Crippen molar-refractivity contribution in [2.75, 3.05) is 6.26 Å². The number of sulfone groups is 1. The van der Waals surface area contributed by atoms with Gasteiger partial charge in [0.15, 0.2) is 9.84 Å². The largest absolute Gasteiger partial charge is 0.296 e. The van der Waals surface area contributed by atoms with E-state index in [4.69, 9.17) is 11.6 Å². The summed E-state index contributed by atoms with van der Waals surface area (Å²) in [6.07, 6.45) is 0.752. The minimum atomic E-state index is -3.89. The number of nitrogens with zero attached hydrogens (tertiary/aromatic N) is 2. The van der Waals surface area contributed by atoms with Gasteiger partial charge in [-0.1, -0.05) is 11.6 Å². The minimum absolute atomic E-state index is 0.608. The van der Waals surface area contributed by atoms with Gasteiger partial charge >= 0.3 is 0 Å². The normalized spacial score (nSPS) is 11.2. The van der Waals surface area contributed by atoms with Crippen molar-refractivity contribution in [1.29, 1.82) is 0 Å². The summed E-state index contributed by atoms with van der Waals surface area (Å²) in [6, 6.07) is 1.29. The average Bonchev–Trinajstić information content (AvgIpc) is 2.15. The van der Waals surface area contributed by atoms with Gasteiger partial charge in [0.2, 0.25) is 0 Å². The van der Waals surface area contributed by atoms with E-state index in [1.165, 1.54) is 0 Å². The van der Waals surface area contributed by atoms with Crippen LogP contribution in [-0.4, -0.2) is 24.5 Å². The molecular weight excluding hydrogens is 276 g/mol. The van der Waals surface area contributed by atoms with Crippen molar-refractivity contribution in [3.8, 4) is 0 Å². The molecule has 1 rings (SSSR count). The molecule has 0 N–H and O–H groups in total. The number of non-ortho nitro benzene ring substituents is 1. The molecule has 0 unspecified atom stereocenters. The quantitative estimate of drug-likeness (QED) is 0.612. The molecule has 0 fully saturated rings. The van der Waals surface area contributed by atoms with Crippen molar-refractivity contribution in [3.05, 3.63) is 37.4 Å². The summed E-state index contributed by atoms with van der Waals surface area (Å²) in [5.41, 5.74) is -1.53. The lowest BCUT2D eigenvalue weighted by molar-refractivity contribution is -0.394. The monoisotopic (exact) mass is 280 g/mol. The summed E-state index contributed by atoms with van der Waals surface area (Å²) in [5, 5.41) is 20.5. The van der Waals surface area contributed by atoms with Gasteiger partial charge in [-0.2, -0.15) is 0 Å². The molecule has 8 nitrogen and oxygen atoms in total. The second-order valence-electron chi connectivity index (χ2n) is 3.06. The third-order valence-corrected chi connectivity index (χ3v) is 3.44. The predicted octanol–water partition coefficient (Wildman–Crippen LogP) is 1.56. The zero-order valence-electron chi connectivity index (χ0n) is 8.28. The summed E-state index contributed by atoms with van der Waals surface area (Å²) in [4.78, 5) is 18.5. The van der Waals surface area contributed by atoms with Crippen molar-refractivity contribution in [1.82, 2.24) is 0 Å². The van der Waals surface area contributed by atoms with Gasteiger partial charge in [-0.25, -0.2) is 8.42 Å². The number of benzene rings is 1. The van der Waals surface area contributed by atoms with Gasteiger partial charge in [-0.3, -0.25) is 20.2 Å². The van der Waals surface area contributed by atoms with E-state index >= 15 is 0 Å². The van der Waals surface area contributed by atoms with Crippen LogP contribution in [0, 0.1) is 20.2 Å². The van der Waals surface area contributed by atoms with E-state index in [1.54, 1.807) is 0 Å². The van der Waals surface area contributed by atoms with Crippen LogP contribution >= 0.6 is 11.6 Å². The maximum Gasteiger partial charge on any atom is 0.296 e. The van der Waals surface area contributed by atoms with E-state index in [2.05, 4.69) is 0 Å². The molecule has 0 aliphatic carbocycles. The molecule has 0 amide bonds. The maximum absolute atomic E-state index is 11.3. The molecule has 92 valence electrons. The SMILES string of the molecule is CS(=O)(=O)c1cc([N+](=O)[O-])cc([N+](=O)[O-])c1Cl. The third-order valence-electron chi connectivity index (χ3n) is 1.81. The number of rotatable bonds is 3. The van der Waals surface area contributed by atoms with Gasteiger partial charge in [0.05, 0.1) is 20.8 Å². The lowest BCUT2D eigenvalue weighted by Gasteiger charge is -2.02. The van der Waals surface area contributed by atoms with Crippen LogP contribution in [0.5, 0.6) is 0 Å². The van der Waals surface area contributed by atoms with Gasteiger partial charge in [0.25, 0.3) is 11.4 Å². The molecule has 0 aromatic heterocycles. The molecule has 10 heteroatoms. The lowest BCUT2D eigenvalue weighted by atomic mass is 10.3. The van der Waals surface area contributed by atoms with E-state index < -0.39 is 41.0 Å². The smallest absolute Gasteiger partial charge is 0.258 e. The van der Waals surface area contributed by atoms with Crippen LogP contribution in [0.3, 0.4) is 0 Å². The molecule has 0 aliphatic rings. The molecule has 1 aromatic carbocycles. The Morgan fingerprint density at radius 2 is 1.71 bits per heavy atom.